The molecule has 0 unspecified atom stereocenters. The van der Waals surface area contributed by atoms with Gasteiger partial charge in [-0.25, -0.2) is 0 Å². The van der Waals surface area contributed by atoms with Crippen molar-refractivity contribution in [2.24, 2.45) is 0 Å². The van der Waals surface area contributed by atoms with E-state index in [0.717, 1.165) is 34.4 Å². The van der Waals surface area contributed by atoms with E-state index in [2.05, 4.69) is 44.0 Å². The maximum atomic E-state index is 7.12. The molecule has 3 aromatic carbocycles. The maximum absolute atomic E-state index is 7.12. The predicted molar refractivity (Wildman–Crippen MR) is 130 cm³/mol. The van der Waals surface area contributed by atoms with Gasteiger partial charge in [0.2, 0.25) is 0 Å². The largest absolute Gasteiger partial charge is 0.348 e. The minimum Gasteiger partial charge on any atom is -0.348 e. The van der Waals surface area contributed by atoms with E-state index in [0.29, 0.717) is 5.02 Å². The fourth-order valence-electron chi connectivity index (χ4n) is 3.74. The highest BCUT2D eigenvalue weighted by atomic mass is 35.5. The molecule has 2 N–H and O–H groups in total. The Balaban J connectivity index is 1.69. The van der Waals surface area contributed by atoms with Gasteiger partial charge in [-0.3, -0.25) is 9.80 Å². The van der Waals surface area contributed by atoms with Crippen molar-refractivity contribution in [3.8, 4) is 0 Å². The molecular weight excluding hydrogens is 404 g/mol. The summed E-state index contributed by atoms with van der Waals surface area (Å²) in [6.07, 6.45) is 3.83. The highest BCUT2D eigenvalue weighted by Crippen LogP contribution is 2.45. The van der Waals surface area contributed by atoms with Crippen LogP contribution in [0.2, 0.25) is 5.02 Å². The second-order valence-electron chi connectivity index (χ2n) is 7.06. The first kappa shape index (κ1) is 19.1. The van der Waals surface area contributed by atoms with E-state index in [1.54, 1.807) is 0 Å². The summed E-state index contributed by atoms with van der Waals surface area (Å²) in [4.78, 5) is 10.9. The summed E-state index contributed by atoms with van der Waals surface area (Å²) in [6, 6.07) is 34.6. The van der Waals surface area contributed by atoms with Gasteiger partial charge in [-0.2, -0.15) is 0 Å². The number of para-hydroxylation sites is 2. The third kappa shape index (κ3) is 3.69. The molecule has 0 bridgehead atoms. The van der Waals surface area contributed by atoms with Gasteiger partial charge in [0.1, 0.15) is 11.6 Å². The lowest BCUT2D eigenvalue weighted by Crippen LogP contribution is -2.14. The number of rotatable bonds is 6. The number of nitrogens with zero attached hydrogens (tertiary/aromatic N) is 2. The van der Waals surface area contributed by atoms with Crippen LogP contribution < -0.4 is 9.80 Å². The molecule has 5 aromatic rings. The molecule has 152 valence electrons. The van der Waals surface area contributed by atoms with Crippen LogP contribution in [0.15, 0.2) is 116 Å². The van der Waals surface area contributed by atoms with Gasteiger partial charge in [0, 0.05) is 23.8 Å². The molecule has 4 nitrogen and oxygen atoms in total. The third-order valence-corrected chi connectivity index (χ3v) is 5.50. The van der Waals surface area contributed by atoms with E-state index in [1.807, 2.05) is 91.3 Å². The van der Waals surface area contributed by atoms with E-state index >= 15 is 0 Å². The minimum atomic E-state index is 0.652. The Labute approximate surface area is 186 Å². The first-order valence-corrected chi connectivity index (χ1v) is 10.5. The smallest absolute Gasteiger partial charge is 0.115 e. The van der Waals surface area contributed by atoms with Crippen LogP contribution in [0, 0.1) is 0 Å². The molecule has 5 heteroatoms. The topological polar surface area (TPSA) is 38.1 Å². The standard InChI is InChI=1S/C26H21ClN4/c27-26-22(30(24-16-8-18-28-24)20-10-3-1-4-11-20)14-7-15-23(26)31(25-17-9-19-29-25)21-12-5-2-6-13-21/h1-19,28-29H. The van der Waals surface area contributed by atoms with Gasteiger partial charge in [0.25, 0.3) is 0 Å². The summed E-state index contributed by atoms with van der Waals surface area (Å²) in [7, 11) is 0. The maximum Gasteiger partial charge on any atom is 0.115 e. The molecule has 0 atom stereocenters. The van der Waals surface area contributed by atoms with E-state index in [9.17, 15) is 0 Å². The lowest BCUT2D eigenvalue weighted by molar-refractivity contribution is 1.19. The molecule has 0 aliphatic heterocycles. The Hall–Kier alpha value is -3.89. The Bertz CT molecular complexity index is 1140. The first-order chi connectivity index (χ1) is 15.3. The predicted octanol–water partition coefficient (Wildman–Crippen LogP) is 7.94. The monoisotopic (exact) mass is 424 g/mol. The van der Waals surface area contributed by atoms with Crippen molar-refractivity contribution in [3.63, 3.8) is 0 Å². The van der Waals surface area contributed by atoms with Crippen LogP contribution in [0.1, 0.15) is 0 Å². The Morgan fingerprint density at radius 1 is 0.484 bits per heavy atom. The molecule has 0 spiro atoms. The average molecular weight is 425 g/mol. The van der Waals surface area contributed by atoms with E-state index in [1.165, 1.54) is 0 Å². The van der Waals surface area contributed by atoms with Crippen LogP contribution >= 0.6 is 11.6 Å². The van der Waals surface area contributed by atoms with E-state index < -0.39 is 0 Å². The summed E-state index contributed by atoms with van der Waals surface area (Å²) in [5.41, 5.74) is 3.82. The van der Waals surface area contributed by atoms with Crippen LogP contribution in [0.3, 0.4) is 0 Å². The normalized spacial score (nSPS) is 10.7. The quantitative estimate of drug-likeness (QED) is 0.290. The molecule has 0 saturated carbocycles. The van der Waals surface area contributed by atoms with Crippen LogP contribution in [0.25, 0.3) is 0 Å². The van der Waals surface area contributed by atoms with E-state index in [4.69, 9.17) is 11.6 Å². The van der Waals surface area contributed by atoms with Crippen LogP contribution in [-0.2, 0) is 0 Å². The molecular formula is C26H21ClN4. The van der Waals surface area contributed by atoms with Crippen molar-refractivity contribution in [2.75, 3.05) is 9.80 Å². The van der Waals surface area contributed by atoms with Crippen molar-refractivity contribution >= 4 is 46.0 Å². The van der Waals surface area contributed by atoms with Crippen LogP contribution in [0.4, 0.5) is 34.4 Å². The van der Waals surface area contributed by atoms with Crippen molar-refractivity contribution in [3.05, 3.63) is 121 Å². The van der Waals surface area contributed by atoms with Crippen LogP contribution in [0.5, 0.6) is 0 Å². The molecule has 0 amide bonds. The lowest BCUT2D eigenvalue weighted by atomic mass is 10.2. The van der Waals surface area contributed by atoms with Gasteiger partial charge in [0.05, 0.1) is 16.4 Å². The molecule has 5 rings (SSSR count). The van der Waals surface area contributed by atoms with Gasteiger partial charge in [0.15, 0.2) is 0 Å². The van der Waals surface area contributed by atoms with Crippen molar-refractivity contribution < 1.29 is 0 Å². The fraction of sp³-hybridized carbons (Fsp3) is 0. The summed E-state index contributed by atoms with van der Waals surface area (Å²) in [6.45, 7) is 0. The highest BCUT2D eigenvalue weighted by molar-refractivity contribution is 6.36. The van der Waals surface area contributed by atoms with Crippen LogP contribution in [-0.4, -0.2) is 9.97 Å². The van der Waals surface area contributed by atoms with Gasteiger partial charge in [-0.05, 0) is 60.7 Å². The Morgan fingerprint density at radius 3 is 1.32 bits per heavy atom. The minimum absolute atomic E-state index is 0.652. The number of aromatic nitrogens is 2. The molecule has 31 heavy (non-hydrogen) atoms. The summed E-state index contributed by atoms with van der Waals surface area (Å²) in [5, 5.41) is 0.652. The lowest BCUT2D eigenvalue weighted by Gasteiger charge is -2.29. The van der Waals surface area contributed by atoms with Crippen molar-refractivity contribution in [1.82, 2.24) is 9.97 Å². The summed E-state index contributed by atoms with van der Waals surface area (Å²) in [5.74, 6) is 1.88. The Morgan fingerprint density at radius 2 is 0.935 bits per heavy atom. The zero-order valence-electron chi connectivity index (χ0n) is 16.7. The number of anilines is 6. The molecule has 2 heterocycles. The number of aromatic amines is 2. The van der Waals surface area contributed by atoms with Gasteiger partial charge in [-0.1, -0.05) is 54.1 Å². The molecule has 2 aromatic heterocycles. The number of halogens is 1. The second-order valence-corrected chi connectivity index (χ2v) is 7.44. The second kappa shape index (κ2) is 8.46. The highest BCUT2D eigenvalue weighted by Gasteiger charge is 2.22. The Kier molecular flexibility index (Phi) is 5.21. The zero-order chi connectivity index (χ0) is 21.0. The fourth-order valence-corrected chi connectivity index (χ4v) is 4.04. The third-order valence-electron chi connectivity index (χ3n) is 5.11. The number of hydrogen-bond acceptors (Lipinski definition) is 2. The van der Waals surface area contributed by atoms with Crippen molar-refractivity contribution in [2.45, 2.75) is 0 Å². The average Bonchev–Trinajstić information content (AvgIpc) is 3.53. The first-order valence-electron chi connectivity index (χ1n) is 10.1. The summed E-state index contributed by atoms with van der Waals surface area (Å²) < 4.78 is 0. The van der Waals surface area contributed by atoms with Gasteiger partial charge in [-0.15, -0.1) is 0 Å². The molecule has 0 aliphatic carbocycles. The zero-order valence-corrected chi connectivity index (χ0v) is 17.5. The number of hydrogen-bond donors (Lipinski definition) is 2. The SMILES string of the molecule is Clc1c(N(c2ccccc2)c2ccc[nH]2)cccc1N(c1ccccc1)c1ccc[nH]1. The summed E-state index contributed by atoms with van der Waals surface area (Å²) >= 11 is 7.12. The molecule has 0 saturated heterocycles. The number of benzene rings is 3. The molecule has 0 radical (unpaired) electrons. The van der Waals surface area contributed by atoms with E-state index in [-0.39, 0.29) is 0 Å². The molecule has 0 fully saturated rings. The molecule has 0 aliphatic rings. The van der Waals surface area contributed by atoms with Gasteiger partial charge >= 0.3 is 0 Å². The van der Waals surface area contributed by atoms with Crippen molar-refractivity contribution in [1.29, 1.82) is 0 Å². The number of H-pyrrole nitrogens is 2. The van der Waals surface area contributed by atoms with Gasteiger partial charge < -0.3 is 9.97 Å². The number of nitrogens with one attached hydrogen (secondary N) is 2.